The van der Waals surface area contributed by atoms with Gasteiger partial charge in [0, 0.05) is 21.2 Å². The Kier molecular flexibility index (Phi) is 5.92. The van der Waals surface area contributed by atoms with Crippen LogP contribution in [0.3, 0.4) is 0 Å². The SMILES string of the molecule is O=C(NC12CCCC3CC(CC3C1)C2)c1cn(Cc2ccccc2Cl)n(-c2ccc(Br)cc2)c1=O. The second-order valence-corrected chi connectivity index (χ2v) is 12.0. The largest absolute Gasteiger partial charge is 0.346 e. The lowest BCUT2D eigenvalue weighted by Crippen LogP contribution is -2.52. The summed E-state index contributed by atoms with van der Waals surface area (Å²) in [5.41, 5.74) is 1.30. The maximum Gasteiger partial charge on any atom is 0.284 e. The van der Waals surface area contributed by atoms with E-state index in [2.05, 4.69) is 21.2 Å². The minimum Gasteiger partial charge on any atom is -0.346 e. The van der Waals surface area contributed by atoms with E-state index < -0.39 is 0 Å². The van der Waals surface area contributed by atoms with E-state index in [1.807, 2.05) is 48.5 Å². The third-order valence-electron chi connectivity index (χ3n) is 8.44. The zero-order chi connectivity index (χ0) is 24.2. The number of benzene rings is 2. The molecule has 1 heterocycles. The molecule has 0 spiro atoms. The molecular weight excluding hydrogens is 526 g/mol. The predicted molar refractivity (Wildman–Crippen MR) is 141 cm³/mol. The molecule has 3 aliphatic rings. The number of hydrogen-bond donors (Lipinski definition) is 1. The highest BCUT2D eigenvalue weighted by Crippen LogP contribution is 2.55. The molecule has 2 aromatic carbocycles. The average molecular weight is 555 g/mol. The van der Waals surface area contributed by atoms with Crippen LogP contribution >= 0.6 is 27.5 Å². The molecular formula is C28H29BrClN3O2. The minimum atomic E-state index is -0.307. The Bertz CT molecular complexity index is 1330. The van der Waals surface area contributed by atoms with E-state index in [1.165, 1.54) is 19.3 Å². The lowest BCUT2D eigenvalue weighted by molar-refractivity contribution is 0.0823. The van der Waals surface area contributed by atoms with E-state index in [4.69, 9.17) is 11.6 Å². The number of fused-ring (bicyclic) bond motifs is 2. The molecule has 4 atom stereocenters. The molecule has 5 nitrogen and oxygen atoms in total. The normalized spacial score (nSPS) is 27.1. The summed E-state index contributed by atoms with van der Waals surface area (Å²) in [6, 6.07) is 15.1. The highest BCUT2D eigenvalue weighted by molar-refractivity contribution is 9.10. The Balaban J connectivity index is 1.37. The van der Waals surface area contributed by atoms with Crippen molar-refractivity contribution in [3.05, 3.63) is 85.7 Å². The fourth-order valence-corrected chi connectivity index (χ4v) is 7.50. The Morgan fingerprint density at radius 2 is 1.86 bits per heavy atom. The number of carbonyl (C=O) groups is 1. The van der Waals surface area contributed by atoms with Gasteiger partial charge in [-0.15, -0.1) is 0 Å². The van der Waals surface area contributed by atoms with Crippen molar-refractivity contribution in [1.29, 1.82) is 0 Å². The van der Waals surface area contributed by atoms with Gasteiger partial charge in [0.25, 0.3) is 11.5 Å². The first-order chi connectivity index (χ1) is 16.9. The first kappa shape index (κ1) is 23.1. The maximum atomic E-state index is 13.7. The predicted octanol–water partition coefficient (Wildman–Crippen LogP) is 6.19. The van der Waals surface area contributed by atoms with Crippen LogP contribution in [-0.2, 0) is 6.54 Å². The van der Waals surface area contributed by atoms with Crippen LogP contribution in [0.5, 0.6) is 0 Å². The summed E-state index contributed by atoms with van der Waals surface area (Å²) in [7, 11) is 0. The number of carbonyl (C=O) groups excluding carboxylic acids is 1. The summed E-state index contributed by atoms with van der Waals surface area (Å²) in [5, 5.41) is 4.03. The highest BCUT2D eigenvalue weighted by atomic mass is 79.9. The summed E-state index contributed by atoms with van der Waals surface area (Å²) < 4.78 is 4.30. The molecule has 3 saturated carbocycles. The number of halogens is 2. The van der Waals surface area contributed by atoms with Crippen LogP contribution in [0, 0.1) is 17.8 Å². The molecule has 0 aliphatic heterocycles. The van der Waals surface area contributed by atoms with Crippen LogP contribution in [0.4, 0.5) is 0 Å². The van der Waals surface area contributed by atoms with Gasteiger partial charge in [-0.25, -0.2) is 4.68 Å². The van der Waals surface area contributed by atoms with E-state index in [1.54, 1.807) is 15.6 Å². The second-order valence-electron chi connectivity index (χ2n) is 10.7. The Hall–Kier alpha value is -2.31. The zero-order valence-corrected chi connectivity index (χ0v) is 21.9. The van der Waals surface area contributed by atoms with Gasteiger partial charge >= 0.3 is 0 Å². The van der Waals surface area contributed by atoms with Gasteiger partial charge in [0.05, 0.1) is 12.2 Å². The number of nitrogens with zero attached hydrogens (tertiary/aromatic N) is 2. The lowest BCUT2D eigenvalue weighted by atomic mass is 9.73. The number of amides is 1. The molecule has 1 aromatic heterocycles. The van der Waals surface area contributed by atoms with E-state index in [0.717, 1.165) is 47.6 Å². The lowest BCUT2D eigenvalue weighted by Gasteiger charge is -2.40. The number of nitrogens with one attached hydrogen (secondary N) is 1. The van der Waals surface area contributed by atoms with Crippen LogP contribution in [-0.4, -0.2) is 20.8 Å². The van der Waals surface area contributed by atoms with Crippen LogP contribution in [0.2, 0.25) is 5.02 Å². The molecule has 3 bridgehead atoms. The van der Waals surface area contributed by atoms with Gasteiger partial charge < -0.3 is 5.32 Å². The molecule has 7 heteroatoms. The van der Waals surface area contributed by atoms with Crippen molar-refractivity contribution in [2.45, 2.75) is 57.0 Å². The van der Waals surface area contributed by atoms with Crippen LogP contribution in [0.1, 0.15) is 60.9 Å². The molecule has 4 unspecified atom stereocenters. The molecule has 0 saturated heterocycles. The van der Waals surface area contributed by atoms with Crippen molar-refractivity contribution in [1.82, 2.24) is 14.7 Å². The Morgan fingerprint density at radius 3 is 2.66 bits per heavy atom. The van der Waals surface area contributed by atoms with E-state index in [-0.39, 0.29) is 22.6 Å². The molecule has 35 heavy (non-hydrogen) atoms. The number of rotatable bonds is 5. The molecule has 1 N–H and O–H groups in total. The third kappa shape index (κ3) is 4.29. The molecule has 0 radical (unpaired) electrons. The first-order valence-electron chi connectivity index (χ1n) is 12.6. The second kappa shape index (κ2) is 8.97. The summed E-state index contributed by atoms with van der Waals surface area (Å²) in [5.74, 6) is 2.01. The topological polar surface area (TPSA) is 56.0 Å². The Morgan fingerprint density at radius 1 is 1.09 bits per heavy atom. The van der Waals surface area contributed by atoms with Gasteiger partial charge in [0.15, 0.2) is 0 Å². The van der Waals surface area contributed by atoms with Gasteiger partial charge in [-0.05, 0) is 85.8 Å². The number of aromatic nitrogens is 2. The minimum absolute atomic E-state index is 0.171. The van der Waals surface area contributed by atoms with Crippen LogP contribution < -0.4 is 10.9 Å². The standard InChI is InChI=1S/C28H29BrClN3O2/c29-22-7-9-23(10-8-22)33-27(35)24(17-32(33)16-20-4-1-2-6-25(20)30)26(34)31-28-11-3-5-19-12-18(14-28)13-21(19)15-28/h1-2,4,6-10,17-19,21H,3,5,11-16H2,(H,31,34). The van der Waals surface area contributed by atoms with Crippen LogP contribution in [0.15, 0.2) is 64.0 Å². The zero-order valence-electron chi connectivity index (χ0n) is 19.6. The summed E-state index contributed by atoms with van der Waals surface area (Å²) in [6.07, 6.45) is 9.88. The molecule has 3 aromatic rings. The first-order valence-corrected chi connectivity index (χ1v) is 13.7. The van der Waals surface area contributed by atoms with Crippen molar-refractivity contribution in [2.75, 3.05) is 0 Å². The van der Waals surface area contributed by atoms with E-state index >= 15 is 0 Å². The molecule has 1 amide bonds. The van der Waals surface area contributed by atoms with Gasteiger partial charge in [-0.3, -0.25) is 14.3 Å². The van der Waals surface area contributed by atoms with E-state index in [0.29, 0.717) is 23.2 Å². The molecule has 3 fully saturated rings. The average Bonchev–Trinajstić information content (AvgIpc) is 3.26. The fourth-order valence-electron chi connectivity index (χ4n) is 7.04. The van der Waals surface area contributed by atoms with Crippen molar-refractivity contribution in [3.8, 4) is 5.69 Å². The van der Waals surface area contributed by atoms with Crippen molar-refractivity contribution in [3.63, 3.8) is 0 Å². The van der Waals surface area contributed by atoms with Crippen molar-refractivity contribution < 1.29 is 4.79 Å². The van der Waals surface area contributed by atoms with Crippen LogP contribution in [0.25, 0.3) is 5.69 Å². The summed E-state index contributed by atoms with van der Waals surface area (Å²) in [6.45, 7) is 0.384. The monoisotopic (exact) mass is 553 g/mol. The van der Waals surface area contributed by atoms with Gasteiger partial charge in [-0.1, -0.05) is 58.6 Å². The quantitative estimate of drug-likeness (QED) is 0.409. The molecule has 182 valence electrons. The number of hydrogen-bond acceptors (Lipinski definition) is 2. The van der Waals surface area contributed by atoms with Crippen molar-refractivity contribution in [2.24, 2.45) is 17.8 Å². The Labute approximate surface area is 218 Å². The van der Waals surface area contributed by atoms with Gasteiger partial charge in [0.1, 0.15) is 5.56 Å². The summed E-state index contributed by atoms with van der Waals surface area (Å²) >= 11 is 9.90. The maximum absolute atomic E-state index is 13.7. The smallest absolute Gasteiger partial charge is 0.284 e. The fraction of sp³-hybridized carbons (Fsp3) is 0.429. The molecule has 6 rings (SSSR count). The molecule has 3 aliphatic carbocycles. The van der Waals surface area contributed by atoms with Crippen molar-refractivity contribution >= 4 is 33.4 Å². The highest BCUT2D eigenvalue weighted by Gasteiger charge is 2.50. The van der Waals surface area contributed by atoms with E-state index in [9.17, 15) is 9.59 Å². The summed E-state index contributed by atoms with van der Waals surface area (Å²) in [4.78, 5) is 27.3. The van der Waals surface area contributed by atoms with Gasteiger partial charge in [0.2, 0.25) is 0 Å². The third-order valence-corrected chi connectivity index (χ3v) is 9.34. The van der Waals surface area contributed by atoms with Gasteiger partial charge in [-0.2, -0.15) is 0 Å².